The number of halogens is 1. The van der Waals surface area contributed by atoms with Crippen LogP contribution in [0.3, 0.4) is 0 Å². The number of ether oxygens (including phenoxy) is 1. The van der Waals surface area contributed by atoms with Crippen LogP contribution >= 0.6 is 11.6 Å². The van der Waals surface area contributed by atoms with Crippen LogP contribution in [-0.2, 0) is 4.79 Å². The second kappa shape index (κ2) is 9.60. The molecule has 1 aliphatic heterocycles. The molecule has 2 aromatic carbocycles. The van der Waals surface area contributed by atoms with Crippen molar-refractivity contribution in [1.82, 2.24) is 4.90 Å². The van der Waals surface area contributed by atoms with Crippen molar-refractivity contribution in [2.75, 3.05) is 37.7 Å². The zero-order chi connectivity index (χ0) is 20.8. The largest absolute Gasteiger partial charge is 0.494 e. The number of hydrogen-bond donors (Lipinski definition) is 0. The summed E-state index contributed by atoms with van der Waals surface area (Å²) in [6.07, 6.45) is 1.10. The van der Waals surface area contributed by atoms with Crippen LogP contribution in [0.25, 0.3) is 0 Å². The van der Waals surface area contributed by atoms with Crippen LogP contribution < -0.4 is 9.64 Å². The molecule has 154 valence electrons. The lowest BCUT2D eigenvalue weighted by molar-refractivity contribution is -0.384. The van der Waals surface area contributed by atoms with Gasteiger partial charge in [0.2, 0.25) is 5.91 Å². The van der Waals surface area contributed by atoms with Crippen LogP contribution in [0.1, 0.15) is 18.4 Å². The molecule has 1 saturated heterocycles. The molecule has 0 unspecified atom stereocenters. The van der Waals surface area contributed by atoms with Gasteiger partial charge >= 0.3 is 0 Å². The molecule has 1 amide bonds. The number of nitrogens with zero attached hydrogens (tertiary/aromatic N) is 3. The van der Waals surface area contributed by atoms with E-state index in [1.807, 2.05) is 30.0 Å². The minimum atomic E-state index is -0.405. The van der Waals surface area contributed by atoms with Gasteiger partial charge in [-0.15, -0.1) is 0 Å². The smallest absolute Gasteiger partial charge is 0.269 e. The van der Waals surface area contributed by atoms with Gasteiger partial charge in [-0.05, 0) is 49.2 Å². The highest BCUT2D eigenvalue weighted by atomic mass is 35.5. The molecular formula is C21H24ClN3O4. The van der Waals surface area contributed by atoms with E-state index >= 15 is 0 Å². The minimum absolute atomic E-state index is 0.0820. The fraction of sp³-hybridized carbons (Fsp3) is 0.381. The molecule has 0 saturated carbocycles. The van der Waals surface area contributed by atoms with E-state index < -0.39 is 4.92 Å². The summed E-state index contributed by atoms with van der Waals surface area (Å²) >= 11 is 6.00. The van der Waals surface area contributed by atoms with Crippen LogP contribution in [0.2, 0.25) is 5.02 Å². The lowest BCUT2D eigenvalue weighted by Gasteiger charge is -2.36. The number of non-ortho nitro benzene ring substituents is 1. The maximum atomic E-state index is 12.4. The summed E-state index contributed by atoms with van der Waals surface area (Å²) in [4.78, 5) is 26.8. The zero-order valence-electron chi connectivity index (χ0n) is 16.3. The number of aryl methyl sites for hydroxylation is 1. The van der Waals surface area contributed by atoms with E-state index in [9.17, 15) is 14.9 Å². The van der Waals surface area contributed by atoms with Gasteiger partial charge in [0, 0.05) is 55.4 Å². The first-order valence-electron chi connectivity index (χ1n) is 9.60. The Labute approximate surface area is 175 Å². The van der Waals surface area contributed by atoms with Crippen molar-refractivity contribution in [3.63, 3.8) is 0 Å². The molecule has 0 aliphatic carbocycles. The van der Waals surface area contributed by atoms with Crippen LogP contribution in [0.15, 0.2) is 42.5 Å². The van der Waals surface area contributed by atoms with Gasteiger partial charge in [-0.25, -0.2) is 0 Å². The fourth-order valence-electron chi connectivity index (χ4n) is 3.28. The average molecular weight is 418 g/mol. The number of carbonyl (C=O) groups excluding carboxylic acids is 1. The number of nitro groups is 1. The number of hydrogen-bond acceptors (Lipinski definition) is 5. The van der Waals surface area contributed by atoms with Crippen LogP contribution in [0.5, 0.6) is 5.75 Å². The van der Waals surface area contributed by atoms with Crippen molar-refractivity contribution in [1.29, 1.82) is 0 Å². The van der Waals surface area contributed by atoms with Gasteiger partial charge in [-0.3, -0.25) is 14.9 Å². The predicted molar refractivity (Wildman–Crippen MR) is 113 cm³/mol. The number of amides is 1. The van der Waals surface area contributed by atoms with Crippen molar-refractivity contribution in [3.8, 4) is 5.75 Å². The summed E-state index contributed by atoms with van der Waals surface area (Å²) in [5.41, 5.74) is 1.99. The Morgan fingerprint density at radius 2 is 1.83 bits per heavy atom. The summed E-state index contributed by atoms with van der Waals surface area (Å²) < 4.78 is 5.70. The quantitative estimate of drug-likeness (QED) is 0.385. The topological polar surface area (TPSA) is 75.9 Å². The van der Waals surface area contributed by atoms with E-state index in [1.54, 1.807) is 12.1 Å². The standard InChI is InChI=1S/C21H24ClN3O4/c1-16-15-19(8-9-20(16)22)29-14-2-3-21(26)24-12-10-23(11-13-24)17-4-6-18(7-5-17)25(27)28/h4-9,15H,2-3,10-14H2,1H3. The molecule has 29 heavy (non-hydrogen) atoms. The molecule has 0 N–H and O–H groups in total. The van der Waals surface area contributed by atoms with Gasteiger partial charge in [0.25, 0.3) is 5.69 Å². The Morgan fingerprint density at radius 1 is 1.14 bits per heavy atom. The van der Waals surface area contributed by atoms with Crippen molar-refractivity contribution in [3.05, 3.63) is 63.2 Å². The third kappa shape index (κ3) is 5.60. The first kappa shape index (κ1) is 20.9. The average Bonchev–Trinajstić information content (AvgIpc) is 2.73. The molecule has 0 atom stereocenters. The van der Waals surface area contributed by atoms with Crippen LogP contribution in [-0.4, -0.2) is 48.5 Å². The number of nitro benzene ring substituents is 1. The highest BCUT2D eigenvalue weighted by molar-refractivity contribution is 6.31. The zero-order valence-corrected chi connectivity index (χ0v) is 17.1. The fourth-order valence-corrected chi connectivity index (χ4v) is 3.40. The Bertz CT molecular complexity index is 865. The minimum Gasteiger partial charge on any atom is -0.494 e. The molecule has 1 heterocycles. The number of piperazine rings is 1. The van der Waals surface area contributed by atoms with Crippen molar-refractivity contribution < 1.29 is 14.5 Å². The summed E-state index contributed by atoms with van der Waals surface area (Å²) in [5, 5.41) is 11.5. The monoisotopic (exact) mass is 417 g/mol. The van der Waals surface area contributed by atoms with Gasteiger partial charge < -0.3 is 14.5 Å². The molecule has 1 aliphatic rings. The summed E-state index contributed by atoms with van der Waals surface area (Å²) in [5.74, 6) is 0.889. The molecule has 0 spiro atoms. The second-order valence-electron chi connectivity index (χ2n) is 7.00. The summed E-state index contributed by atoms with van der Waals surface area (Å²) in [6.45, 7) is 5.12. The van der Waals surface area contributed by atoms with Gasteiger partial charge in [0.1, 0.15) is 5.75 Å². The molecule has 0 bridgehead atoms. The molecule has 0 radical (unpaired) electrons. The molecule has 2 aromatic rings. The predicted octanol–water partition coefficient (Wildman–Crippen LogP) is 4.06. The Balaban J connectivity index is 1.39. The third-order valence-corrected chi connectivity index (χ3v) is 5.42. The SMILES string of the molecule is Cc1cc(OCCCC(=O)N2CCN(c3ccc([N+](=O)[O-])cc3)CC2)ccc1Cl. The summed E-state index contributed by atoms with van der Waals surface area (Å²) in [6, 6.07) is 12.1. The van der Waals surface area contributed by atoms with Crippen LogP contribution in [0.4, 0.5) is 11.4 Å². The highest BCUT2D eigenvalue weighted by Gasteiger charge is 2.21. The highest BCUT2D eigenvalue weighted by Crippen LogP contribution is 2.22. The normalized spacial score (nSPS) is 14.0. The van der Waals surface area contributed by atoms with Gasteiger partial charge in [-0.1, -0.05) is 11.6 Å². The van der Waals surface area contributed by atoms with Gasteiger partial charge in [-0.2, -0.15) is 0 Å². The molecule has 1 fully saturated rings. The maximum absolute atomic E-state index is 12.4. The number of anilines is 1. The van der Waals surface area contributed by atoms with Crippen molar-refractivity contribution in [2.45, 2.75) is 19.8 Å². The van der Waals surface area contributed by atoms with Crippen molar-refractivity contribution in [2.24, 2.45) is 0 Å². The lowest BCUT2D eigenvalue weighted by atomic mass is 10.2. The van der Waals surface area contributed by atoms with E-state index in [0.29, 0.717) is 50.7 Å². The molecule has 0 aromatic heterocycles. The van der Waals surface area contributed by atoms with E-state index in [0.717, 1.165) is 17.0 Å². The number of rotatable bonds is 7. The Kier molecular flexibility index (Phi) is 6.93. The van der Waals surface area contributed by atoms with E-state index in [4.69, 9.17) is 16.3 Å². The first-order chi connectivity index (χ1) is 13.9. The number of carbonyl (C=O) groups is 1. The lowest BCUT2D eigenvalue weighted by Crippen LogP contribution is -2.48. The third-order valence-electron chi connectivity index (χ3n) is 4.99. The van der Waals surface area contributed by atoms with E-state index in [1.165, 1.54) is 12.1 Å². The molecule has 3 rings (SSSR count). The molecule has 7 nitrogen and oxygen atoms in total. The maximum Gasteiger partial charge on any atom is 0.269 e. The first-order valence-corrected chi connectivity index (χ1v) is 9.98. The summed E-state index contributed by atoms with van der Waals surface area (Å²) in [7, 11) is 0. The van der Waals surface area contributed by atoms with Gasteiger partial charge in [0.05, 0.1) is 11.5 Å². The van der Waals surface area contributed by atoms with Crippen LogP contribution in [0, 0.1) is 17.0 Å². The van der Waals surface area contributed by atoms with E-state index in [-0.39, 0.29) is 11.6 Å². The second-order valence-corrected chi connectivity index (χ2v) is 7.41. The van der Waals surface area contributed by atoms with Gasteiger partial charge in [0.15, 0.2) is 0 Å². The molecule has 8 heteroatoms. The van der Waals surface area contributed by atoms with Crippen molar-refractivity contribution >= 4 is 28.9 Å². The molecular weight excluding hydrogens is 394 g/mol. The Morgan fingerprint density at radius 3 is 2.45 bits per heavy atom. The Hall–Kier alpha value is -2.80. The van der Waals surface area contributed by atoms with E-state index in [2.05, 4.69) is 4.90 Å². The number of benzene rings is 2.